The van der Waals surface area contributed by atoms with Gasteiger partial charge in [-0.15, -0.1) is 0 Å². The third-order valence-electron chi connectivity index (χ3n) is 9.42. The number of ether oxygens (including phenoxy) is 3. The Bertz CT molecular complexity index is 1380. The number of halogens is 1. The number of rotatable bonds is 9. The summed E-state index contributed by atoms with van der Waals surface area (Å²) in [4.78, 5) is 41.7. The summed E-state index contributed by atoms with van der Waals surface area (Å²) in [5.74, 6) is 0.411. The quantitative estimate of drug-likeness (QED) is 0.402. The summed E-state index contributed by atoms with van der Waals surface area (Å²) in [7, 11) is 2.05. The Morgan fingerprint density at radius 3 is 2.58 bits per heavy atom. The van der Waals surface area contributed by atoms with Crippen molar-refractivity contribution >= 4 is 28.9 Å². The first-order valence-corrected chi connectivity index (χ1v) is 16.2. The van der Waals surface area contributed by atoms with Crippen LogP contribution in [-0.4, -0.2) is 65.2 Å². The second-order valence-corrected chi connectivity index (χ2v) is 13.6. The van der Waals surface area contributed by atoms with Crippen LogP contribution in [0.3, 0.4) is 0 Å². The summed E-state index contributed by atoms with van der Waals surface area (Å²) in [5, 5.41) is 3.82. The zero-order chi connectivity index (χ0) is 31.4. The molecule has 1 fully saturated rings. The molecule has 0 bridgehead atoms. The first kappa shape index (κ1) is 34.6. The van der Waals surface area contributed by atoms with Crippen LogP contribution in [0.15, 0.2) is 36.7 Å². The highest BCUT2D eigenvalue weighted by atomic mass is 35.5. The maximum absolute atomic E-state index is 13.7. The highest BCUT2D eigenvalue weighted by molar-refractivity contribution is 6.11. The van der Waals surface area contributed by atoms with Gasteiger partial charge in [0.2, 0.25) is 0 Å². The fraction of sp³-hybridized carbons (Fsp3) is 0.618. The maximum Gasteiger partial charge on any atom is 0.510 e. The van der Waals surface area contributed by atoms with Gasteiger partial charge in [0, 0.05) is 49.1 Å². The van der Waals surface area contributed by atoms with E-state index in [0.29, 0.717) is 19.5 Å². The van der Waals surface area contributed by atoms with Crippen molar-refractivity contribution in [3.8, 4) is 0 Å². The van der Waals surface area contributed by atoms with Gasteiger partial charge in [0.05, 0.1) is 18.7 Å². The summed E-state index contributed by atoms with van der Waals surface area (Å²) in [6.07, 6.45) is 10.1. The number of benzene rings is 1. The monoisotopic (exact) mass is 644 g/mol. The van der Waals surface area contributed by atoms with Gasteiger partial charge in [-0.1, -0.05) is 37.5 Å². The molecule has 45 heavy (non-hydrogen) atoms. The average Bonchev–Trinajstić information content (AvgIpc) is 3.48. The highest BCUT2D eigenvalue weighted by Crippen LogP contribution is 2.33. The minimum atomic E-state index is -0.696. The summed E-state index contributed by atoms with van der Waals surface area (Å²) >= 11 is 0. The molecule has 0 radical (unpaired) electrons. The number of fused-ring (bicyclic) bond motifs is 3. The van der Waals surface area contributed by atoms with E-state index in [1.807, 2.05) is 57.1 Å². The second kappa shape index (κ2) is 14.9. The SMILES string of the molecule is CC1N(COC(=O)OC(CCNC(=O)OC(C)(C)C)C2CCCCC2)C=C[NH+]1CC1CCc2c(c3ccccc3n2C)C1=O.[Cl-]. The lowest BCUT2D eigenvalue weighted by molar-refractivity contribution is -0.878. The number of carbonyl (C=O) groups is 3. The van der Waals surface area contributed by atoms with Crippen LogP contribution >= 0.6 is 0 Å². The Morgan fingerprint density at radius 2 is 1.84 bits per heavy atom. The molecule has 1 aromatic carbocycles. The molecule has 2 heterocycles. The summed E-state index contributed by atoms with van der Waals surface area (Å²) in [6.45, 7) is 8.66. The van der Waals surface area contributed by atoms with Crippen LogP contribution in [0, 0.1) is 11.8 Å². The Morgan fingerprint density at radius 1 is 1.11 bits per heavy atom. The lowest BCUT2D eigenvalue weighted by Crippen LogP contribution is -3.11. The van der Waals surface area contributed by atoms with Gasteiger partial charge in [0.1, 0.15) is 17.9 Å². The van der Waals surface area contributed by atoms with Crippen LogP contribution in [0.5, 0.6) is 0 Å². The minimum absolute atomic E-state index is 0. The van der Waals surface area contributed by atoms with Gasteiger partial charge in [-0.25, -0.2) is 9.59 Å². The summed E-state index contributed by atoms with van der Waals surface area (Å²) in [6, 6.07) is 8.14. The van der Waals surface area contributed by atoms with Crippen LogP contribution in [0.4, 0.5) is 9.59 Å². The number of carbonyl (C=O) groups excluding carboxylic acids is 3. The highest BCUT2D eigenvalue weighted by Gasteiger charge is 2.37. The van der Waals surface area contributed by atoms with Gasteiger partial charge in [-0.2, -0.15) is 0 Å². The van der Waals surface area contributed by atoms with Gasteiger partial charge < -0.3 is 36.5 Å². The van der Waals surface area contributed by atoms with E-state index in [1.165, 1.54) is 6.42 Å². The number of amides is 1. The van der Waals surface area contributed by atoms with E-state index in [9.17, 15) is 14.4 Å². The van der Waals surface area contributed by atoms with Crippen LogP contribution < -0.4 is 22.6 Å². The zero-order valence-electron chi connectivity index (χ0n) is 27.3. The Balaban J connectivity index is 0.00000461. The number of alkyl carbamates (subject to hydrolysis) is 1. The normalized spacial score (nSPS) is 22.5. The van der Waals surface area contributed by atoms with Crippen molar-refractivity contribution in [2.24, 2.45) is 18.9 Å². The molecule has 2 N–H and O–H groups in total. The summed E-state index contributed by atoms with van der Waals surface area (Å²) < 4.78 is 18.9. The number of aromatic nitrogens is 1. The Labute approximate surface area is 272 Å². The van der Waals surface area contributed by atoms with Crippen molar-refractivity contribution in [1.29, 1.82) is 0 Å². The van der Waals surface area contributed by atoms with Gasteiger partial charge in [0.15, 0.2) is 18.7 Å². The van der Waals surface area contributed by atoms with E-state index in [-0.39, 0.29) is 49.0 Å². The fourth-order valence-electron chi connectivity index (χ4n) is 7.02. The molecular formula is C34H49ClN4O6. The first-order valence-electron chi connectivity index (χ1n) is 16.2. The molecule has 10 nitrogen and oxygen atoms in total. The first-order chi connectivity index (χ1) is 21.0. The molecule has 248 valence electrons. The minimum Gasteiger partial charge on any atom is -1.00 e. The molecule has 1 aromatic heterocycles. The smallest absolute Gasteiger partial charge is 0.510 e. The number of para-hydroxylation sites is 1. The standard InChI is InChI=1S/C34H48N4O6.ClH/c1-23-37(21-25-15-16-28-30(31(25)39)26-13-9-10-14-27(26)36(28)5)19-20-38(23)22-42-33(41)43-29(24-11-7-6-8-12-24)17-18-35-32(40)44-34(2,3)4;/h9-10,13-14,19-20,23-25,29H,6-8,11-12,15-18,21-22H2,1-5H3,(H,35,40);1H. The predicted octanol–water partition coefficient (Wildman–Crippen LogP) is 1.92. The Hall–Kier alpha value is -3.24. The molecule has 2 aliphatic carbocycles. The molecule has 11 heteroatoms. The lowest BCUT2D eigenvalue weighted by atomic mass is 9.84. The third-order valence-corrected chi connectivity index (χ3v) is 9.42. The largest absolute Gasteiger partial charge is 1.00 e. The van der Waals surface area contributed by atoms with Gasteiger partial charge >= 0.3 is 12.2 Å². The number of ketones is 1. The average molecular weight is 645 g/mol. The second-order valence-electron chi connectivity index (χ2n) is 13.6. The Kier molecular flexibility index (Phi) is 11.5. The van der Waals surface area contributed by atoms with Crippen molar-refractivity contribution in [1.82, 2.24) is 14.8 Å². The van der Waals surface area contributed by atoms with E-state index in [0.717, 1.165) is 65.6 Å². The van der Waals surface area contributed by atoms with Crippen LogP contribution in [0.2, 0.25) is 0 Å². The summed E-state index contributed by atoms with van der Waals surface area (Å²) in [5.41, 5.74) is 2.55. The van der Waals surface area contributed by atoms with Gasteiger partial charge in [-0.3, -0.25) is 14.6 Å². The van der Waals surface area contributed by atoms with Gasteiger partial charge in [0.25, 0.3) is 0 Å². The lowest BCUT2D eigenvalue weighted by Gasteiger charge is -2.31. The molecule has 1 saturated carbocycles. The van der Waals surface area contributed by atoms with Crippen molar-refractivity contribution < 1.29 is 45.9 Å². The molecule has 5 rings (SSSR count). The zero-order valence-corrected chi connectivity index (χ0v) is 28.0. The molecule has 4 unspecified atom stereocenters. The number of quaternary nitrogens is 1. The molecular weight excluding hydrogens is 596 g/mol. The molecule has 0 spiro atoms. The number of nitrogens with one attached hydrogen (secondary N) is 2. The predicted molar refractivity (Wildman–Crippen MR) is 167 cm³/mol. The number of nitrogens with zero attached hydrogens (tertiary/aromatic N) is 2. The number of hydrogen-bond donors (Lipinski definition) is 2. The number of aryl methyl sites for hydroxylation is 1. The van der Waals surface area contributed by atoms with E-state index in [2.05, 4.69) is 29.1 Å². The van der Waals surface area contributed by atoms with E-state index >= 15 is 0 Å². The molecule has 1 aliphatic heterocycles. The van der Waals surface area contributed by atoms with Crippen molar-refractivity contribution in [2.45, 2.75) is 96.9 Å². The van der Waals surface area contributed by atoms with Crippen LogP contribution in [0.1, 0.15) is 88.7 Å². The molecule has 4 atom stereocenters. The van der Waals surface area contributed by atoms with Crippen LogP contribution in [0.25, 0.3) is 10.9 Å². The van der Waals surface area contributed by atoms with E-state index in [1.54, 1.807) is 0 Å². The maximum atomic E-state index is 13.7. The molecule has 2 aromatic rings. The van der Waals surface area contributed by atoms with E-state index in [4.69, 9.17) is 14.2 Å². The molecule has 3 aliphatic rings. The third kappa shape index (κ3) is 8.33. The van der Waals surface area contributed by atoms with E-state index < -0.39 is 17.8 Å². The van der Waals surface area contributed by atoms with Crippen molar-refractivity contribution in [3.05, 3.63) is 47.9 Å². The fourth-order valence-corrected chi connectivity index (χ4v) is 7.02. The number of hydrogen-bond acceptors (Lipinski definition) is 7. The van der Waals surface area contributed by atoms with Crippen molar-refractivity contribution in [3.63, 3.8) is 0 Å². The number of Topliss-reactive ketones (excluding diaryl/α,β-unsaturated/α-hetero) is 1. The van der Waals surface area contributed by atoms with Gasteiger partial charge in [-0.05, 0) is 58.4 Å². The van der Waals surface area contributed by atoms with Crippen molar-refractivity contribution in [2.75, 3.05) is 19.8 Å². The topological polar surface area (TPSA) is 104 Å². The molecule has 0 saturated heterocycles. The molecule has 1 amide bonds. The van der Waals surface area contributed by atoms with Crippen LogP contribution in [-0.2, 0) is 27.7 Å².